The van der Waals surface area contributed by atoms with E-state index in [1.165, 1.54) is 19.3 Å². The zero-order chi connectivity index (χ0) is 14.5. The second kappa shape index (κ2) is 12.0. The highest BCUT2D eigenvalue weighted by Gasteiger charge is 2.28. The molecular formula is C15H28O4. The molecule has 0 amide bonds. The molecule has 0 fully saturated rings. The van der Waals surface area contributed by atoms with Crippen molar-refractivity contribution in [1.29, 1.82) is 0 Å². The van der Waals surface area contributed by atoms with Gasteiger partial charge in [-0.3, -0.25) is 9.59 Å². The van der Waals surface area contributed by atoms with Crippen LogP contribution in [0, 0.1) is 5.92 Å². The van der Waals surface area contributed by atoms with Crippen LogP contribution in [0.25, 0.3) is 0 Å². The fraction of sp³-hybridized carbons (Fsp3) is 0.867. The zero-order valence-corrected chi connectivity index (χ0v) is 12.6. The van der Waals surface area contributed by atoms with Gasteiger partial charge in [0.25, 0.3) is 0 Å². The summed E-state index contributed by atoms with van der Waals surface area (Å²) in [6.07, 6.45) is 7.30. The lowest BCUT2D eigenvalue weighted by molar-refractivity contribution is -0.161. The fourth-order valence-corrected chi connectivity index (χ4v) is 1.95. The summed E-state index contributed by atoms with van der Waals surface area (Å²) in [5, 5.41) is 0. The number of ether oxygens (including phenoxy) is 2. The molecule has 0 aromatic heterocycles. The van der Waals surface area contributed by atoms with Gasteiger partial charge in [-0.25, -0.2) is 0 Å². The molecular weight excluding hydrogens is 244 g/mol. The molecule has 0 radical (unpaired) electrons. The first-order valence-electron chi connectivity index (χ1n) is 7.50. The predicted octanol–water partition coefficient (Wildman–Crippen LogP) is 3.48. The topological polar surface area (TPSA) is 52.6 Å². The number of esters is 2. The van der Waals surface area contributed by atoms with Gasteiger partial charge in [0.1, 0.15) is 0 Å². The first-order chi connectivity index (χ1) is 9.17. The normalized spacial score (nSPS) is 10.5. The van der Waals surface area contributed by atoms with Crippen molar-refractivity contribution in [3.8, 4) is 0 Å². The van der Waals surface area contributed by atoms with E-state index in [0.717, 1.165) is 19.3 Å². The van der Waals surface area contributed by atoms with Gasteiger partial charge in [-0.2, -0.15) is 0 Å². The number of rotatable bonds is 11. The maximum absolute atomic E-state index is 11.7. The predicted molar refractivity (Wildman–Crippen MR) is 74.7 cm³/mol. The molecule has 0 heterocycles. The van der Waals surface area contributed by atoms with Gasteiger partial charge in [-0.1, -0.05) is 45.4 Å². The van der Waals surface area contributed by atoms with Crippen LogP contribution in [-0.4, -0.2) is 25.2 Å². The minimum absolute atomic E-state index is 0.297. The van der Waals surface area contributed by atoms with Crippen molar-refractivity contribution in [2.75, 3.05) is 13.2 Å². The van der Waals surface area contributed by atoms with Crippen LogP contribution in [0.1, 0.15) is 65.7 Å². The van der Waals surface area contributed by atoms with Crippen molar-refractivity contribution in [3.05, 3.63) is 0 Å². The summed E-state index contributed by atoms with van der Waals surface area (Å²) in [6.45, 7) is 6.25. The molecule has 19 heavy (non-hydrogen) atoms. The summed E-state index contributed by atoms with van der Waals surface area (Å²) in [5.74, 6) is -1.64. The number of unbranched alkanes of at least 4 members (excludes halogenated alkanes) is 5. The third-order valence-electron chi connectivity index (χ3n) is 2.99. The Morgan fingerprint density at radius 2 is 1.26 bits per heavy atom. The van der Waals surface area contributed by atoms with Crippen LogP contribution in [0.5, 0.6) is 0 Å². The Labute approximate surface area is 116 Å². The van der Waals surface area contributed by atoms with Crippen LogP contribution in [0.3, 0.4) is 0 Å². The Bertz CT molecular complexity index is 233. The maximum atomic E-state index is 11.7. The average Bonchev–Trinajstić information content (AvgIpc) is 2.38. The van der Waals surface area contributed by atoms with Gasteiger partial charge in [0.05, 0.1) is 13.2 Å². The molecule has 0 N–H and O–H groups in total. The highest BCUT2D eigenvalue weighted by atomic mass is 16.6. The summed E-state index contributed by atoms with van der Waals surface area (Å²) in [5.41, 5.74) is 0. The Morgan fingerprint density at radius 3 is 1.74 bits per heavy atom. The minimum atomic E-state index is -0.744. The van der Waals surface area contributed by atoms with Gasteiger partial charge in [0, 0.05) is 0 Å². The molecule has 0 bridgehead atoms. The van der Waals surface area contributed by atoms with E-state index in [1.807, 2.05) is 0 Å². The molecule has 0 aliphatic rings. The third-order valence-corrected chi connectivity index (χ3v) is 2.99. The molecule has 0 saturated carbocycles. The van der Waals surface area contributed by atoms with Crippen molar-refractivity contribution >= 4 is 11.9 Å². The number of carbonyl (C=O) groups is 2. The van der Waals surface area contributed by atoms with Gasteiger partial charge >= 0.3 is 11.9 Å². The van der Waals surface area contributed by atoms with Gasteiger partial charge in [0.2, 0.25) is 0 Å². The standard InChI is InChI=1S/C15H28O4/c1-4-7-8-9-10-11-12-13(14(16)18-5-2)15(17)19-6-3/h13H,4-12H2,1-3H3. The first kappa shape index (κ1) is 17.9. The largest absolute Gasteiger partial charge is 0.465 e. The molecule has 0 rings (SSSR count). The van der Waals surface area contributed by atoms with Crippen LogP contribution >= 0.6 is 0 Å². The van der Waals surface area contributed by atoms with E-state index >= 15 is 0 Å². The van der Waals surface area contributed by atoms with E-state index in [1.54, 1.807) is 13.8 Å². The van der Waals surface area contributed by atoms with E-state index in [4.69, 9.17) is 9.47 Å². The lowest BCUT2D eigenvalue weighted by Gasteiger charge is -2.14. The van der Waals surface area contributed by atoms with E-state index in [2.05, 4.69) is 6.92 Å². The van der Waals surface area contributed by atoms with Crippen molar-refractivity contribution < 1.29 is 19.1 Å². The Hall–Kier alpha value is -1.06. The lowest BCUT2D eigenvalue weighted by atomic mass is 10.0. The van der Waals surface area contributed by atoms with Crippen LogP contribution in [-0.2, 0) is 19.1 Å². The molecule has 4 nitrogen and oxygen atoms in total. The van der Waals surface area contributed by atoms with Crippen LogP contribution in [0.2, 0.25) is 0 Å². The van der Waals surface area contributed by atoms with Crippen molar-refractivity contribution in [1.82, 2.24) is 0 Å². The Kier molecular flexibility index (Phi) is 11.3. The molecule has 0 atom stereocenters. The summed E-state index contributed by atoms with van der Waals surface area (Å²) in [6, 6.07) is 0. The molecule has 0 aliphatic carbocycles. The molecule has 0 unspecified atom stereocenters. The lowest BCUT2D eigenvalue weighted by Crippen LogP contribution is -2.28. The third kappa shape index (κ3) is 8.62. The summed E-state index contributed by atoms with van der Waals surface area (Å²) < 4.78 is 9.85. The average molecular weight is 272 g/mol. The first-order valence-corrected chi connectivity index (χ1v) is 7.50. The summed E-state index contributed by atoms with van der Waals surface area (Å²) in [4.78, 5) is 23.4. The molecule has 0 saturated heterocycles. The summed E-state index contributed by atoms with van der Waals surface area (Å²) >= 11 is 0. The number of hydrogen-bond acceptors (Lipinski definition) is 4. The quantitative estimate of drug-likeness (QED) is 0.328. The molecule has 0 aromatic carbocycles. The van der Waals surface area contributed by atoms with Crippen molar-refractivity contribution in [2.45, 2.75) is 65.7 Å². The number of carbonyl (C=O) groups excluding carboxylic acids is 2. The smallest absolute Gasteiger partial charge is 0.320 e. The SMILES string of the molecule is CCCCCCCCC(C(=O)OCC)C(=O)OCC. The molecule has 0 spiro atoms. The van der Waals surface area contributed by atoms with Gasteiger partial charge < -0.3 is 9.47 Å². The maximum Gasteiger partial charge on any atom is 0.320 e. The second-order valence-corrected chi connectivity index (χ2v) is 4.61. The van der Waals surface area contributed by atoms with Gasteiger partial charge in [-0.15, -0.1) is 0 Å². The Morgan fingerprint density at radius 1 is 0.789 bits per heavy atom. The van der Waals surface area contributed by atoms with E-state index in [0.29, 0.717) is 19.6 Å². The van der Waals surface area contributed by atoms with Crippen LogP contribution in [0.4, 0.5) is 0 Å². The Balaban J connectivity index is 4.05. The number of hydrogen-bond donors (Lipinski definition) is 0. The van der Waals surface area contributed by atoms with Gasteiger partial charge in [-0.05, 0) is 20.3 Å². The van der Waals surface area contributed by atoms with E-state index in [9.17, 15) is 9.59 Å². The monoisotopic (exact) mass is 272 g/mol. The molecule has 112 valence electrons. The second-order valence-electron chi connectivity index (χ2n) is 4.61. The highest BCUT2D eigenvalue weighted by Crippen LogP contribution is 2.15. The van der Waals surface area contributed by atoms with Crippen LogP contribution in [0.15, 0.2) is 0 Å². The fourth-order valence-electron chi connectivity index (χ4n) is 1.95. The molecule has 4 heteroatoms. The molecule has 0 aromatic rings. The van der Waals surface area contributed by atoms with Crippen molar-refractivity contribution in [2.24, 2.45) is 5.92 Å². The van der Waals surface area contributed by atoms with E-state index in [-0.39, 0.29) is 0 Å². The minimum Gasteiger partial charge on any atom is -0.465 e. The molecule has 0 aliphatic heterocycles. The van der Waals surface area contributed by atoms with Crippen molar-refractivity contribution in [3.63, 3.8) is 0 Å². The zero-order valence-electron chi connectivity index (χ0n) is 12.6. The van der Waals surface area contributed by atoms with Crippen LogP contribution < -0.4 is 0 Å². The van der Waals surface area contributed by atoms with Gasteiger partial charge in [0.15, 0.2) is 5.92 Å². The highest BCUT2D eigenvalue weighted by molar-refractivity contribution is 5.94. The van der Waals surface area contributed by atoms with E-state index < -0.39 is 17.9 Å². The summed E-state index contributed by atoms with van der Waals surface area (Å²) in [7, 11) is 0.